The van der Waals surface area contributed by atoms with Crippen LogP contribution in [0, 0.1) is 9.39 Å². The standard InChI is InChI=1S/C26H19BrFIN2O5/c1-2-35-22-13-16(12-21(27)23(22)36-14-15-3-7-18(29)8-4-15)11-20-24(32)30-26(34)31(25(20)33)19-9-5-17(28)6-10-19/h3-13H,2,14H2,1H3,(H,30,32,34)/b20-11+. The highest BCUT2D eigenvalue weighted by atomic mass is 127. The van der Waals surface area contributed by atoms with Crippen molar-refractivity contribution in [2.45, 2.75) is 13.5 Å². The van der Waals surface area contributed by atoms with Gasteiger partial charge in [0, 0.05) is 3.57 Å². The van der Waals surface area contributed by atoms with Gasteiger partial charge in [-0.1, -0.05) is 12.1 Å². The summed E-state index contributed by atoms with van der Waals surface area (Å²) in [7, 11) is 0. The van der Waals surface area contributed by atoms with Gasteiger partial charge < -0.3 is 9.47 Å². The Bertz CT molecular complexity index is 1360. The van der Waals surface area contributed by atoms with Crippen LogP contribution in [0.4, 0.5) is 14.9 Å². The fourth-order valence-electron chi connectivity index (χ4n) is 3.46. The van der Waals surface area contributed by atoms with Crippen molar-refractivity contribution >= 4 is 68.1 Å². The first-order valence-corrected chi connectivity index (χ1v) is 12.6. The van der Waals surface area contributed by atoms with E-state index in [1.54, 1.807) is 12.1 Å². The summed E-state index contributed by atoms with van der Waals surface area (Å²) < 4.78 is 26.8. The summed E-state index contributed by atoms with van der Waals surface area (Å²) in [5, 5.41) is 2.15. The van der Waals surface area contributed by atoms with Gasteiger partial charge in [0.1, 0.15) is 18.0 Å². The predicted molar refractivity (Wildman–Crippen MR) is 144 cm³/mol. The molecule has 1 aliphatic rings. The fraction of sp³-hybridized carbons (Fsp3) is 0.115. The molecule has 0 bridgehead atoms. The molecule has 184 valence electrons. The minimum Gasteiger partial charge on any atom is -0.490 e. The average molecular weight is 665 g/mol. The first-order chi connectivity index (χ1) is 17.3. The van der Waals surface area contributed by atoms with Gasteiger partial charge in [0.2, 0.25) is 0 Å². The number of carbonyl (C=O) groups is 3. The van der Waals surface area contributed by atoms with Crippen LogP contribution in [0.1, 0.15) is 18.1 Å². The monoisotopic (exact) mass is 664 g/mol. The third kappa shape index (κ3) is 5.76. The minimum atomic E-state index is -0.913. The summed E-state index contributed by atoms with van der Waals surface area (Å²) in [6.45, 7) is 2.50. The zero-order valence-corrected chi connectivity index (χ0v) is 22.6. The number of hydrogen-bond acceptors (Lipinski definition) is 5. The van der Waals surface area contributed by atoms with Gasteiger partial charge in [-0.15, -0.1) is 0 Å². The molecule has 7 nitrogen and oxygen atoms in total. The first-order valence-electron chi connectivity index (χ1n) is 10.8. The number of anilines is 1. The van der Waals surface area contributed by atoms with E-state index in [4.69, 9.17) is 9.47 Å². The molecular weight excluding hydrogens is 646 g/mol. The van der Waals surface area contributed by atoms with Crippen molar-refractivity contribution in [1.29, 1.82) is 0 Å². The second-order valence-electron chi connectivity index (χ2n) is 7.61. The van der Waals surface area contributed by atoms with Gasteiger partial charge in [0.05, 0.1) is 16.8 Å². The third-order valence-electron chi connectivity index (χ3n) is 5.13. The number of carbonyl (C=O) groups excluding carboxylic acids is 3. The number of imide groups is 2. The van der Waals surface area contributed by atoms with Crippen LogP contribution < -0.4 is 19.7 Å². The Morgan fingerprint density at radius 2 is 1.72 bits per heavy atom. The molecule has 4 rings (SSSR count). The van der Waals surface area contributed by atoms with Crippen LogP contribution in [0.2, 0.25) is 0 Å². The Balaban J connectivity index is 1.65. The van der Waals surface area contributed by atoms with Gasteiger partial charge in [-0.25, -0.2) is 14.1 Å². The van der Waals surface area contributed by atoms with Crippen molar-refractivity contribution < 1.29 is 28.2 Å². The molecule has 0 atom stereocenters. The molecule has 0 aromatic heterocycles. The third-order valence-corrected chi connectivity index (χ3v) is 6.43. The Morgan fingerprint density at radius 3 is 2.39 bits per heavy atom. The molecule has 3 aromatic carbocycles. The number of nitrogens with zero attached hydrogens (tertiary/aromatic N) is 1. The second-order valence-corrected chi connectivity index (χ2v) is 9.71. The summed E-state index contributed by atoms with van der Waals surface area (Å²) in [6.07, 6.45) is 1.36. The SMILES string of the molecule is CCOc1cc(/C=C2\C(=O)NC(=O)N(c3ccc(F)cc3)C2=O)cc(Br)c1OCc1ccc(I)cc1. The fourth-order valence-corrected chi connectivity index (χ4v) is 4.39. The van der Waals surface area contributed by atoms with Gasteiger partial charge >= 0.3 is 6.03 Å². The van der Waals surface area contributed by atoms with Crippen molar-refractivity contribution in [3.8, 4) is 11.5 Å². The van der Waals surface area contributed by atoms with Crippen LogP contribution in [0.5, 0.6) is 11.5 Å². The Hall–Kier alpha value is -3.25. The van der Waals surface area contributed by atoms with Crippen LogP contribution in [0.25, 0.3) is 6.08 Å². The lowest BCUT2D eigenvalue weighted by molar-refractivity contribution is -0.122. The Morgan fingerprint density at radius 1 is 1.03 bits per heavy atom. The van der Waals surface area contributed by atoms with Crippen molar-refractivity contribution in [3.05, 3.63) is 91.2 Å². The van der Waals surface area contributed by atoms with Gasteiger partial charge in [0.25, 0.3) is 11.8 Å². The summed E-state index contributed by atoms with van der Waals surface area (Å²) in [4.78, 5) is 38.7. The van der Waals surface area contributed by atoms with Crippen LogP contribution in [0.3, 0.4) is 0 Å². The van der Waals surface area contributed by atoms with Crippen LogP contribution in [-0.2, 0) is 16.2 Å². The number of nitrogens with one attached hydrogen (secondary N) is 1. The van der Waals surface area contributed by atoms with Crippen molar-refractivity contribution in [2.75, 3.05) is 11.5 Å². The quantitative estimate of drug-likeness (QED) is 0.195. The number of barbiturate groups is 1. The van der Waals surface area contributed by atoms with Crippen LogP contribution in [-0.4, -0.2) is 24.5 Å². The predicted octanol–water partition coefficient (Wildman–Crippen LogP) is 5.84. The topological polar surface area (TPSA) is 84.9 Å². The van der Waals surface area contributed by atoms with E-state index in [9.17, 15) is 18.8 Å². The van der Waals surface area contributed by atoms with E-state index < -0.39 is 23.7 Å². The van der Waals surface area contributed by atoms with Gasteiger partial charge in [0.15, 0.2) is 11.5 Å². The molecule has 0 aliphatic carbocycles. The molecule has 0 spiro atoms. The number of amides is 4. The largest absolute Gasteiger partial charge is 0.490 e. The lowest BCUT2D eigenvalue weighted by Crippen LogP contribution is -2.54. The molecule has 0 saturated carbocycles. The summed E-state index contributed by atoms with van der Waals surface area (Å²) in [6, 6.07) is 15.1. The summed E-state index contributed by atoms with van der Waals surface area (Å²) in [5.41, 5.74) is 1.32. The minimum absolute atomic E-state index is 0.132. The first kappa shape index (κ1) is 25.8. The van der Waals surface area contributed by atoms with Crippen molar-refractivity contribution in [2.24, 2.45) is 0 Å². The maximum absolute atomic E-state index is 13.3. The Kier molecular flexibility index (Phi) is 8.04. The highest BCUT2D eigenvalue weighted by Gasteiger charge is 2.36. The molecule has 1 saturated heterocycles. The lowest BCUT2D eigenvalue weighted by atomic mass is 10.1. The number of benzene rings is 3. The Labute approximate surface area is 228 Å². The van der Waals surface area contributed by atoms with E-state index in [1.807, 2.05) is 31.2 Å². The summed E-state index contributed by atoms with van der Waals surface area (Å²) in [5.74, 6) is -1.30. The molecule has 1 aliphatic heterocycles. The highest BCUT2D eigenvalue weighted by molar-refractivity contribution is 14.1. The van der Waals surface area contributed by atoms with Crippen molar-refractivity contribution in [3.63, 3.8) is 0 Å². The number of rotatable bonds is 7. The van der Waals surface area contributed by atoms with Crippen molar-refractivity contribution in [1.82, 2.24) is 5.32 Å². The van der Waals surface area contributed by atoms with Crippen LogP contribution in [0.15, 0.2) is 70.7 Å². The summed E-state index contributed by atoms with van der Waals surface area (Å²) >= 11 is 5.72. The van der Waals surface area contributed by atoms with E-state index in [2.05, 4.69) is 43.8 Å². The van der Waals surface area contributed by atoms with E-state index in [1.165, 1.54) is 18.2 Å². The van der Waals surface area contributed by atoms with E-state index in [0.29, 0.717) is 34.7 Å². The molecule has 10 heteroatoms. The lowest BCUT2D eigenvalue weighted by Gasteiger charge is -2.26. The number of ether oxygens (including phenoxy) is 2. The molecule has 0 unspecified atom stereocenters. The van der Waals surface area contributed by atoms with E-state index in [-0.39, 0.29) is 11.3 Å². The second kappa shape index (κ2) is 11.2. The molecule has 1 fully saturated rings. The zero-order chi connectivity index (χ0) is 25.8. The van der Waals surface area contributed by atoms with Gasteiger partial charge in [-0.2, -0.15) is 0 Å². The average Bonchev–Trinajstić information content (AvgIpc) is 2.83. The number of halogens is 3. The molecule has 4 amide bonds. The van der Waals surface area contributed by atoms with Gasteiger partial charge in [-0.05, 0) is 111 Å². The molecule has 36 heavy (non-hydrogen) atoms. The smallest absolute Gasteiger partial charge is 0.335 e. The van der Waals surface area contributed by atoms with E-state index in [0.717, 1.165) is 26.2 Å². The maximum Gasteiger partial charge on any atom is 0.335 e. The molecule has 3 aromatic rings. The number of hydrogen-bond donors (Lipinski definition) is 1. The molecule has 1 N–H and O–H groups in total. The van der Waals surface area contributed by atoms with Crippen LogP contribution >= 0.6 is 38.5 Å². The molecule has 0 radical (unpaired) electrons. The van der Waals surface area contributed by atoms with Gasteiger partial charge in [-0.3, -0.25) is 14.9 Å². The zero-order valence-electron chi connectivity index (χ0n) is 18.9. The normalized spacial score (nSPS) is 14.7. The molecule has 1 heterocycles. The van der Waals surface area contributed by atoms with E-state index >= 15 is 0 Å². The maximum atomic E-state index is 13.3. The molecular formula is C26H19BrFIN2O5. The number of urea groups is 1. The highest BCUT2D eigenvalue weighted by Crippen LogP contribution is 2.38.